The van der Waals surface area contributed by atoms with Crippen LogP contribution in [-0.4, -0.2) is 27.2 Å². The fourth-order valence-corrected chi connectivity index (χ4v) is 2.85. The Morgan fingerprint density at radius 2 is 2.00 bits per heavy atom. The second kappa shape index (κ2) is 6.84. The number of amides is 1. The zero-order valence-corrected chi connectivity index (χ0v) is 13.9. The summed E-state index contributed by atoms with van der Waals surface area (Å²) in [5, 5.41) is 7.89. The molecule has 0 aliphatic rings. The maximum atomic E-state index is 13.2. The number of carbonyl (C=O) groups is 1. The van der Waals surface area contributed by atoms with Crippen LogP contribution in [0.1, 0.15) is 16.1 Å². The van der Waals surface area contributed by atoms with E-state index in [1.54, 1.807) is 18.3 Å². The lowest BCUT2D eigenvalue weighted by Gasteiger charge is -2.02. The minimum absolute atomic E-state index is 0.211. The molecule has 2 aromatic heterocycles. The first-order chi connectivity index (χ1) is 12.7. The van der Waals surface area contributed by atoms with Crippen molar-refractivity contribution >= 4 is 16.8 Å². The van der Waals surface area contributed by atoms with Crippen molar-refractivity contribution in [1.29, 1.82) is 0 Å². The van der Waals surface area contributed by atoms with Crippen molar-refractivity contribution < 1.29 is 9.18 Å². The van der Waals surface area contributed by atoms with Gasteiger partial charge in [0, 0.05) is 23.6 Å². The van der Waals surface area contributed by atoms with Crippen LogP contribution in [0.3, 0.4) is 0 Å². The van der Waals surface area contributed by atoms with E-state index in [-0.39, 0.29) is 11.7 Å². The van der Waals surface area contributed by atoms with Gasteiger partial charge in [0.15, 0.2) is 0 Å². The number of aromatic nitrogens is 3. The number of nitrogens with one attached hydrogen (secondary N) is 2. The van der Waals surface area contributed by atoms with Crippen LogP contribution in [0.25, 0.3) is 16.6 Å². The molecule has 0 fully saturated rings. The molecule has 4 aromatic rings. The molecule has 0 spiro atoms. The number of rotatable bonds is 5. The molecule has 130 valence electrons. The summed E-state index contributed by atoms with van der Waals surface area (Å²) in [6, 6.07) is 15.9. The maximum Gasteiger partial charge on any atom is 0.267 e. The van der Waals surface area contributed by atoms with Gasteiger partial charge in [-0.05, 0) is 48.4 Å². The largest absolute Gasteiger partial charge is 0.351 e. The van der Waals surface area contributed by atoms with Gasteiger partial charge in [0.2, 0.25) is 0 Å². The van der Waals surface area contributed by atoms with Gasteiger partial charge in [0.05, 0.1) is 11.9 Å². The summed E-state index contributed by atoms with van der Waals surface area (Å²) in [5.41, 5.74) is 3.19. The van der Waals surface area contributed by atoms with E-state index in [2.05, 4.69) is 15.4 Å². The Morgan fingerprint density at radius 3 is 2.85 bits per heavy atom. The molecule has 26 heavy (non-hydrogen) atoms. The average Bonchev–Trinajstić information content (AvgIpc) is 3.29. The first kappa shape index (κ1) is 16.1. The predicted octanol–water partition coefficient (Wildman–Crippen LogP) is 3.47. The molecule has 6 heteroatoms. The number of hydrogen-bond acceptors (Lipinski definition) is 2. The number of benzene rings is 2. The highest BCUT2D eigenvalue weighted by Gasteiger charge is 2.10. The third-order valence-electron chi connectivity index (χ3n) is 4.18. The van der Waals surface area contributed by atoms with E-state index in [1.807, 2.05) is 41.2 Å². The third-order valence-corrected chi connectivity index (χ3v) is 4.18. The van der Waals surface area contributed by atoms with Crippen molar-refractivity contribution in [1.82, 2.24) is 20.1 Å². The second-order valence-electron chi connectivity index (χ2n) is 6.05. The molecule has 5 nitrogen and oxygen atoms in total. The number of H-pyrrole nitrogens is 1. The Balaban J connectivity index is 1.37. The van der Waals surface area contributed by atoms with E-state index in [9.17, 15) is 9.18 Å². The van der Waals surface area contributed by atoms with E-state index in [0.29, 0.717) is 24.0 Å². The molecule has 0 unspecified atom stereocenters. The normalized spacial score (nSPS) is 11.0. The lowest BCUT2D eigenvalue weighted by atomic mass is 10.2. The Labute approximate surface area is 149 Å². The van der Waals surface area contributed by atoms with Gasteiger partial charge in [0.1, 0.15) is 11.5 Å². The van der Waals surface area contributed by atoms with Crippen LogP contribution in [0.4, 0.5) is 4.39 Å². The van der Waals surface area contributed by atoms with Crippen LogP contribution < -0.4 is 5.32 Å². The number of hydrogen-bond donors (Lipinski definition) is 2. The Kier molecular flexibility index (Phi) is 4.23. The summed E-state index contributed by atoms with van der Waals surface area (Å²) < 4.78 is 15.0. The van der Waals surface area contributed by atoms with Gasteiger partial charge in [-0.25, -0.2) is 9.07 Å². The average molecular weight is 348 g/mol. The molecule has 0 aliphatic carbocycles. The molecule has 0 radical (unpaired) electrons. The minimum atomic E-state index is -0.320. The van der Waals surface area contributed by atoms with Crippen LogP contribution >= 0.6 is 0 Å². The van der Waals surface area contributed by atoms with Crippen molar-refractivity contribution in [3.63, 3.8) is 0 Å². The fourth-order valence-electron chi connectivity index (χ4n) is 2.85. The molecule has 0 saturated heterocycles. The number of fused-ring (bicyclic) bond motifs is 1. The first-order valence-electron chi connectivity index (χ1n) is 8.34. The van der Waals surface area contributed by atoms with Gasteiger partial charge in [-0.2, -0.15) is 5.10 Å². The molecular formula is C20H17FN4O. The van der Waals surface area contributed by atoms with Crippen molar-refractivity contribution in [2.45, 2.75) is 6.42 Å². The molecular weight excluding hydrogens is 331 g/mol. The van der Waals surface area contributed by atoms with E-state index in [4.69, 9.17) is 0 Å². The van der Waals surface area contributed by atoms with Crippen molar-refractivity contribution in [3.8, 4) is 5.69 Å². The number of para-hydroxylation sites is 1. The van der Waals surface area contributed by atoms with Gasteiger partial charge in [0.25, 0.3) is 5.91 Å². The smallest absolute Gasteiger partial charge is 0.267 e. The van der Waals surface area contributed by atoms with Crippen LogP contribution in [0.5, 0.6) is 0 Å². The summed E-state index contributed by atoms with van der Waals surface area (Å²) in [6.07, 6.45) is 4.42. The highest BCUT2D eigenvalue weighted by atomic mass is 19.1. The van der Waals surface area contributed by atoms with Crippen LogP contribution in [0.2, 0.25) is 0 Å². The topological polar surface area (TPSA) is 62.7 Å². The van der Waals surface area contributed by atoms with E-state index < -0.39 is 0 Å². The summed E-state index contributed by atoms with van der Waals surface area (Å²) in [4.78, 5) is 15.3. The quantitative estimate of drug-likeness (QED) is 0.580. The second-order valence-corrected chi connectivity index (χ2v) is 6.05. The molecule has 2 heterocycles. The number of halogens is 1. The maximum absolute atomic E-state index is 13.2. The highest BCUT2D eigenvalue weighted by Crippen LogP contribution is 2.16. The molecule has 2 aromatic carbocycles. The molecule has 1 amide bonds. The standard InChI is InChI=1S/C20H17FN4O/c21-16-6-7-18-15(10-16)11-19(24-18)20(26)22-9-8-14-12-23-25(13-14)17-4-2-1-3-5-17/h1-7,10-13,24H,8-9H2,(H,22,26). The minimum Gasteiger partial charge on any atom is -0.351 e. The lowest BCUT2D eigenvalue weighted by molar-refractivity contribution is 0.0950. The lowest BCUT2D eigenvalue weighted by Crippen LogP contribution is -2.25. The van der Waals surface area contributed by atoms with Crippen LogP contribution in [-0.2, 0) is 6.42 Å². The fraction of sp³-hybridized carbons (Fsp3) is 0.100. The Bertz CT molecular complexity index is 1050. The molecule has 0 atom stereocenters. The van der Waals surface area contributed by atoms with Gasteiger partial charge in [-0.15, -0.1) is 0 Å². The molecule has 2 N–H and O–H groups in total. The number of nitrogens with zero attached hydrogens (tertiary/aromatic N) is 2. The van der Waals surface area contributed by atoms with Gasteiger partial charge in [-0.1, -0.05) is 18.2 Å². The number of aromatic amines is 1. The summed E-state index contributed by atoms with van der Waals surface area (Å²) in [5.74, 6) is -0.532. The SMILES string of the molecule is O=C(NCCc1cnn(-c2ccccc2)c1)c1cc2cc(F)ccc2[nH]1. The Morgan fingerprint density at radius 1 is 1.15 bits per heavy atom. The highest BCUT2D eigenvalue weighted by molar-refractivity contribution is 5.97. The third kappa shape index (κ3) is 3.35. The summed E-state index contributed by atoms with van der Waals surface area (Å²) in [6.45, 7) is 0.489. The van der Waals surface area contributed by atoms with Crippen molar-refractivity contribution in [3.05, 3.63) is 84.1 Å². The predicted molar refractivity (Wildman–Crippen MR) is 97.9 cm³/mol. The van der Waals surface area contributed by atoms with Gasteiger partial charge < -0.3 is 10.3 Å². The molecule has 4 rings (SSSR count). The zero-order valence-electron chi connectivity index (χ0n) is 13.9. The molecule has 0 bridgehead atoms. The Hall–Kier alpha value is -3.41. The van der Waals surface area contributed by atoms with E-state index in [0.717, 1.165) is 16.8 Å². The van der Waals surface area contributed by atoms with Gasteiger partial charge >= 0.3 is 0 Å². The van der Waals surface area contributed by atoms with E-state index >= 15 is 0 Å². The van der Waals surface area contributed by atoms with Crippen molar-refractivity contribution in [2.75, 3.05) is 6.54 Å². The van der Waals surface area contributed by atoms with Crippen LogP contribution in [0, 0.1) is 5.82 Å². The monoisotopic (exact) mass is 348 g/mol. The summed E-state index contributed by atoms with van der Waals surface area (Å²) in [7, 11) is 0. The zero-order chi connectivity index (χ0) is 17.9. The summed E-state index contributed by atoms with van der Waals surface area (Å²) >= 11 is 0. The van der Waals surface area contributed by atoms with Crippen molar-refractivity contribution in [2.24, 2.45) is 0 Å². The molecule has 0 aliphatic heterocycles. The van der Waals surface area contributed by atoms with Gasteiger partial charge in [-0.3, -0.25) is 4.79 Å². The molecule has 0 saturated carbocycles. The van der Waals surface area contributed by atoms with E-state index in [1.165, 1.54) is 12.1 Å². The van der Waals surface area contributed by atoms with Crippen LogP contribution in [0.15, 0.2) is 67.0 Å². The first-order valence-corrected chi connectivity index (χ1v) is 8.34. The number of carbonyl (C=O) groups excluding carboxylic acids is 1.